The van der Waals surface area contributed by atoms with Crippen LogP contribution in [0.5, 0.6) is 0 Å². The lowest BCUT2D eigenvalue weighted by molar-refractivity contribution is 0.101. The van der Waals surface area contributed by atoms with Crippen LogP contribution in [0.3, 0.4) is 0 Å². The van der Waals surface area contributed by atoms with Gasteiger partial charge in [0.05, 0.1) is 11.9 Å². The Hall–Kier alpha value is -1.88. The van der Waals surface area contributed by atoms with E-state index in [9.17, 15) is 4.79 Å². The van der Waals surface area contributed by atoms with Crippen LogP contribution in [-0.4, -0.2) is 16.0 Å². The number of aryl methyl sites for hydroxylation is 2. The number of aromatic nitrogens is 2. The van der Waals surface area contributed by atoms with Gasteiger partial charge < -0.3 is 9.84 Å². The van der Waals surface area contributed by atoms with E-state index in [0.717, 1.165) is 5.56 Å². The topological polar surface area (TPSA) is 68.0 Å². The second-order valence-corrected chi connectivity index (χ2v) is 3.97. The molecule has 0 fully saturated rings. The normalized spacial score (nSPS) is 10.3. The van der Waals surface area contributed by atoms with Gasteiger partial charge in [0, 0.05) is 6.07 Å². The molecule has 0 aliphatic carbocycles. The summed E-state index contributed by atoms with van der Waals surface area (Å²) < 4.78 is 4.82. The van der Waals surface area contributed by atoms with Crippen molar-refractivity contribution in [3.8, 4) is 0 Å². The van der Waals surface area contributed by atoms with Crippen molar-refractivity contribution in [3.63, 3.8) is 0 Å². The number of anilines is 1. The molecular formula is C11H10ClN3O2. The zero-order valence-electron chi connectivity index (χ0n) is 9.32. The largest absolute Gasteiger partial charge is 0.361 e. The Morgan fingerprint density at radius 2 is 2.18 bits per heavy atom. The van der Waals surface area contributed by atoms with Crippen molar-refractivity contribution >= 4 is 23.2 Å². The van der Waals surface area contributed by atoms with E-state index in [1.54, 1.807) is 19.1 Å². The minimum Gasteiger partial charge on any atom is -0.361 e. The zero-order valence-corrected chi connectivity index (χ0v) is 10.1. The highest BCUT2D eigenvalue weighted by Gasteiger charge is 2.11. The number of nitrogens with one attached hydrogen (secondary N) is 1. The highest BCUT2D eigenvalue weighted by atomic mass is 35.5. The summed E-state index contributed by atoms with van der Waals surface area (Å²) in [6.07, 6.45) is 1.49. The molecule has 88 valence electrons. The minimum absolute atomic E-state index is 0.232. The molecule has 0 aromatic carbocycles. The number of hydrogen-bond donors (Lipinski definition) is 1. The summed E-state index contributed by atoms with van der Waals surface area (Å²) in [7, 11) is 0. The van der Waals surface area contributed by atoms with Gasteiger partial charge in [-0.15, -0.1) is 0 Å². The molecule has 0 bridgehead atoms. The molecule has 0 aliphatic heterocycles. The van der Waals surface area contributed by atoms with Crippen molar-refractivity contribution in [1.82, 2.24) is 10.1 Å². The molecule has 2 aromatic rings. The first-order valence-corrected chi connectivity index (χ1v) is 5.31. The summed E-state index contributed by atoms with van der Waals surface area (Å²) in [5, 5.41) is 6.69. The second kappa shape index (κ2) is 4.55. The van der Waals surface area contributed by atoms with Gasteiger partial charge in [-0.3, -0.25) is 4.79 Å². The Kier molecular flexibility index (Phi) is 3.10. The maximum absolute atomic E-state index is 11.7. The molecule has 0 radical (unpaired) electrons. The fourth-order valence-corrected chi connectivity index (χ4v) is 1.40. The van der Waals surface area contributed by atoms with Crippen LogP contribution in [-0.2, 0) is 0 Å². The molecule has 0 saturated heterocycles. The van der Waals surface area contributed by atoms with E-state index < -0.39 is 0 Å². The number of rotatable bonds is 2. The van der Waals surface area contributed by atoms with Gasteiger partial charge >= 0.3 is 0 Å². The van der Waals surface area contributed by atoms with Crippen LogP contribution < -0.4 is 5.32 Å². The molecule has 1 amide bonds. The summed E-state index contributed by atoms with van der Waals surface area (Å²) in [6.45, 7) is 3.53. The molecule has 2 heterocycles. The SMILES string of the molecule is Cc1cc(C(=O)Nc2cnc(Cl)c(C)c2)no1. The van der Waals surface area contributed by atoms with E-state index >= 15 is 0 Å². The summed E-state index contributed by atoms with van der Waals surface area (Å²) in [4.78, 5) is 15.7. The van der Waals surface area contributed by atoms with Gasteiger partial charge in [-0.05, 0) is 25.5 Å². The van der Waals surface area contributed by atoms with Crippen molar-refractivity contribution in [2.75, 3.05) is 5.32 Å². The summed E-state index contributed by atoms with van der Waals surface area (Å²) >= 11 is 5.79. The molecule has 0 atom stereocenters. The number of halogens is 1. The number of carbonyl (C=O) groups excluding carboxylic acids is 1. The number of carbonyl (C=O) groups is 1. The van der Waals surface area contributed by atoms with Gasteiger partial charge in [0.1, 0.15) is 10.9 Å². The Morgan fingerprint density at radius 3 is 2.76 bits per heavy atom. The van der Waals surface area contributed by atoms with Crippen LogP contribution in [0.2, 0.25) is 5.15 Å². The molecule has 2 rings (SSSR count). The second-order valence-electron chi connectivity index (χ2n) is 3.61. The molecule has 6 heteroatoms. The molecular weight excluding hydrogens is 242 g/mol. The fourth-order valence-electron chi connectivity index (χ4n) is 1.30. The third-order valence-corrected chi connectivity index (χ3v) is 2.53. The van der Waals surface area contributed by atoms with Crippen molar-refractivity contribution in [1.29, 1.82) is 0 Å². The van der Waals surface area contributed by atoms with E-state index in [0.29, 0.717) is 16.6 Å². The molecule has 5 nitrogen and oxygen atoms in total. The summed E-state index contributed by atoms with van der Waals surface area (Å²) in [5.74, 6) is 0.242. The smallest absolute Gasteiger partial charge is 0.277 e. The predicted octanol–water partition coefficient (Wildman–Crippen LogP) is 2.59. The average Bonchev–Trinajstić information content (AvgIpc) is 2.70. The lowest BCUT2D eigenvalue weighted by Gasteiger charge is -2.04. The Morgan fingerprint density at radius 1 is 1.41 bits per heavy atom. The van der Waals surface area contributed by atoms with Gasteiger partial charge in [0.25, 0.3) is 5.91 Å². The molecule has 0 unspecified atom stereocenters. The number of pyridine rings is 1. The van der Waals surface area contributed by atoms with E-state index in [1.807, 2.05) is 6.92 Å². The third kappa shape index (κ3) is 2.62. The van der Waals surface area contributed by atoms with Crippen LogP contribution in [0.25, 0.3) is 0 Å². The average molecular weight is 252 g/mol. The highest BCUT2D eigenvalue weighted by Crippen LogP contribution is 2.16. The van der Waals surface area contributed by atoms with E-state index in [-0.39, 0.29) is 11.6 Å². The number of hydrogen-bond acceptors (Lipinski definition) is 4. The predicted molar refractivity (Wildman–Crippen MR) is 63.2 cm³/mol. The molecule has 1 N–H and O–H groups in total. The lowest BCUT2D eigenvalue weighted by atomic mass is 10.3. The Balaban J connectivity index is 2.15. The molecule has 0 aliphatic rings. The fraction of sp³-hybridized carbons (Fsp3) is 0.182. The maximum Gasteiger partial charge on any atom is 0.277 e. The first-order chi connectivity index (χ1) is 8.06. The van der Waals surface area contributed by atoms with Gasteiger partial charge in [-0.25, -0.2) is 4.98 Å². The van der Waals surface area contributed by atoms with Crippen molar-refractivity contribution < 1.29 is 9.32 Å². The molecule has 0 spiro atoms. The Bertz CT molecular complexity index is 566. The van der Waals surface area contributed by atoms with E-state index in [4.69, 9.17) is 16.1 Å². The van der Waals surface area contributed by atoms with Crippen LogP contribution in [0, 0.1) is 13.8 Å². The zero-order chi connectivity index (χ0) is 12.4. The van der Waals surface area contributed by atoms with Crippen LogP contribution in [0.15, 0.2) is 22.9 Å². The summed E-state index contributed by atoms with van der Waals surface area (Å²) in [5.41, 5.74) is 1.59. The lowest BCUT2D eigenvalue weighted by Crippen LogP contribution is -2.12. The maximum atomic E-state index is 11.7. The van der Waals surface area contributed by atoms with E-state index in [1.165, 1.54) is 6.20 Å². The number of amides is 1. The van der Waals surface area contributed by atoms with E-state index in [2.05, 4.69) is 15.5 Å². The van der Waals surface area contributed by atoms with Crippen molar-refractivity contribution in [3.05, 3.63) is 40.5 Å². The van der Waals surface area contributed by atoms with Crippen molar-refractivity contribution in [2.45, 2.75) is 13.8 Å². The first kappa shape index (κ1) is 11.6. The summed E-state index contributed by atoms with van der Waals surface area (Å²) in [6, 6.07) is 3.30. The monoisotopic (exact) mass is 251 g/mol. The molecule has 0 saturated carbocycles. The van der Waals surface area contributed by atoms with Gasteiger partial charge in [0.2, 0.25) is 0 Å². The van der Waals surface area contributed by atoms with Gasteiger partial charge in [-0.2, -0.15) is 0 Å². The van der Waals surface area contributed by atoms with Crippen LogP contribution in [0.1, 0.15) is 21.8 Å². The third-order valence-electron chi connectivity index (χ3n) is 2.13. The quantitative estimate of drug-likeness (QED) is 0.833. The van der Waals surface area contributed by atoms with Gasteiger partial charge in [-0.1, -0.05) is 16.8 Å². The van der Waals surface area contributed by atoms with Crippen LogP contribution in [0.4, 0.5) is 5.69 Å². The van der Waals surface area contributed by atoms with Gasteiger partial charge in [0.15, 0.2) is 5.69 Å². The molecule has 17 heavy (non-hydrogen) atoms. The molecule has 2 aromatic heterocycles. The van der Waals surface area contributed by atoms with Crippen LogP contribution >= 0.6 is 11.6 Å². The Labute approximate surface area is 103 Å². The minimum atomic E-state index is -0.342. The standard InChI is InChI=1S/C11H10ClN3O2/c1-6-3-8(5-13-10(6)12)14-11(16)9-4-7(2)17-15-9/h3-5H,1-2H3,(H,14,16). The van der Waals surface area contributed by atoms with Crippen molar-refractivity contribution in [2.24, 2.45) is 0 Å². The highest BCUT2D eigenvalue weighted by molar-refractivity contribution is 6.30. The number of nitrogens with zero attached hydrogens (tertiary/aromatic N) is 2. The first-order valence-electron chi connectivity index (χ1n) is 4.93.